The second-order valence-corrected chi connectivity index (χ2v) is 8.82. The molecule has 196 valence electrons. The van der Waals surface area contributed by atoms with E-state index in [4.69, 9.17) is 18.6 Å². The van der Waals surface area contributed by atoms with Crippen molar-refractivity contribution in [1.29, 1.82) is 0 Å². The second kappa shape index (κ2) is 10.1. The fourth-order valence-electron chi connectivity index (χ4n) is 4.83. The third-order valence-corrected chi connectivity index (χ3v) is 6.62. The summed E-state index contributed by atoms with van der Waals surface area (Å²) in [7, 11) is 3.10. The highest BCUT2D eigenvalue weighted by molar-refractivity contribution is 5.99. The lowest BCUT2D eigenvalue weighted by Gasteiger charge is -2.26. The number of hydrogen-bond donors (Lipinski definition) is 1. The molecule has 1 unspecified atom stereocenters. The minimum absolute atomic E-state index is 0.0482. The number of fused-ring (bicyclic) bond motifs is 2. The quantitative estimate of drug-likeness (QED) is 0.356. The minimum atomic E-state index is -0.832. The number of rotatable bonds is 8. The molecule has 0 bridgehead atoms. The van der Waals surface area contributed by atoms with Crippen LogP contribution in [0.2, 0.25) is 0 Å². The maximum absolute atomic E-state index is 14.0. The van der Waals surface area contributed by atoms with Gasteiger partial charge >= 0.3 is 0 Å². The summed E-state index contributed by atoms with van der Waals surface area (Å²) in [6.45, 7) is 2.33. The summed E-state index contributed by atoms with van der Waals surface area (Å²) in [5.74, 6) is 0.172. The number of benzene rings is 3. The first-order chi connectivity index (χ1) is 18.4. The number of ether oxygens (including phenoxy) is 3. The Kier molecular flexibility index (Phi) is 6.67. The number of carbonyl (C=O) groups is 1. The first kappa shape index (κ1) is 25.1. The van der Waals surface area contributed by atoms with Gasteiger partial charge in [0.2, 0.25) is 5.76 Å². The maximum Gasteiger partial charge on any atom is 0.290 e. The minimum Gasteiger partial charge on any atom is -0.504 e. The molecule has 5 rings (SSSR count). The standard InChI is InChI=1S/C29H26FNO7/c1-4-37-23-14-17(6-8-20(23)32)26-25-27(33)19-15-18(30)7-10-21(19)38-28(25)29(34)31(26)12-11-16-5-9-22(35-2)24(13-16)36-3/h5-10,13-15,26,32H,4,11-12H2,1-3H3. The van der Waals surface area contributed by atoms with E-state index in [0.29, 0.717) is 30.1 Å². The lowest BCUT2D eigenvalue weighted by atomic mass is 9.97. The van der Waals surface area contributed by atoms with Gasteiger partial charge in [0, 0.05) is 6.54 Å². The van der Waals surface area contributed by atoms with Gasteiger partial charge in [-0.05, 0) is 66.9 Å². The lowest BCUT2D eigenvalue weighted by molar-refractivity contribution is 0.0729. The zero-order valence-corrected chi connectivity index (χ0v) is 21.1. The second-order valence-electron chi connectivity index (χ2n) is 8.82. The molecule has 9 heteroatoms. The summed E-state index contributed by atoms with van der Waals surface area (Å²) < 4.78 is 36.2. The summed E-state index contributed by atoms with van der Waals surface area (Å²) in [5, 5.41) is 10.3. The zero-order valence-electron chi connectivity index (χ0n) is 21.1. The first-order valence-corrected chi connectivity index (χ1v) is 12.1. The van der Waals surface area contributed by atoms with Gasteiger partial charge in [-0.3, -0.25) is 9.59 Å². The Morgan fingerprint density at radius 2 is 1.76 bits per heavy atom. The van der Waals surface area contributed by atoms with Gasteiger partial charge < -0.3 is 28.6 Å². The Morgan fingerprint density at radius 1 is 0.974 bits per heavy atom. The summed E-state index contributed by atoms with van der Waals surface area (Å²) in [6, 6.07) is 13.0. The molecular formula is C29H26FNO7. The number of carbonyl (C=O) groups excluding carboxylic acids is 1. The highest BCUT2D eigenvalue weighted by atomic mass is 19.1. The average Bonchev–Trinajstić information content (AvgIpc) is 3.20. The normalized spacial score (nSPS) is 14.6. The number of aromatic hydroxyl groups is 1. The zero-order chi connectivity index (χ0) is 27.0. The van der Waals surface area contributed by atoms with Gasteiger partial charge in [0.15, 0.2) is 28.4 Å². The van der Waals surface area contributed by atoms with Gasteiger partial charge in [-0.25, -0.2) is 4.39 Å². The van der Waals surface area contributed by atoms with E-state index in [1.807, 2.05) is 12.1 Å². The number of amides is 1. The molecule has 0 aliphatic carbocycles. The van der Waals surface area contributed by atoms with Gasteiger partial charge in [-0.1, -0.05) is 12.1 Å². The first-order valence-electron chi connectivity index (χ1n) is 12.1. The molecule has 2 heterocycles. The van der Waals surface area contributed by atoms with Crippen LogP contribution >= 0.6 is 0 Å². The number of phenols is 1. The number of hydrogen-bond acceptors (Lipinski definition) is 7. The van der Waals surface area contributed by atoms with Gasteiger partial charge in [-0.15, -0.1) is 0 Å². The predicted octanol–water partition coefficient (Wildman–Crippen LogP) is 4.84. The van der Waals surface area contributed by atoms with E-state index in [1.165, 1.54) is 18.2 Å². The third kappa shape index (κ3) is 4.30. The molecule has 1 amide bonds. The summed E-state index contributed by atoms with van der Waals surface area (Å²) in [6.07, 6.45) is 0.440. The van der Waals surface area contributed by atoms with E-state index in [9.17, 15) is 19.1 Å². The summed E-state index contributed by atoms with van der Waals surface area (Å²) in [4.78, 5) is 28.8. The average molecular weight is 520 g/mol. The smallest absolute Gasteiger partial charge is 0.290 e. The van der Waals surface area contributed by atoms with Crippen molar-refractivity contribution in [2.45, 2.75) is 19.4 Å². The molecule has 3 aromatic carbocycles. The van der Waals surface area contributed by atoms with Crippen LogP contribution in [-0.4, -0.2) is 43.3 Å². The van der Waals surface area contributed by atoms with Gasteiger partial charge in [-0.2, -0.15) is 0 Å². The monoisotopic (exact) mass is 519 g/mol. The fourth-order valence-corrected chi connectivity index (χ4v) is 4.83. The molecule has 0 fully saturated rings. The molecule has 4 aromatic rings. The van der Waals surface area contributed by atoms with E-state index < -0.39 is 23.2 Å². The Bertz CT molecular complexity index is 1600. The summed E-state index contributed by atoms with van der Waals surface area (Å²) >= 11 is 0. The fraction of sp³-hybridized carbons (Fsp3) is 0.241. The van der Waals surface area contributed by atoms with E-state index >= 15 is 0 Å². The van der Waals surface area contributed by atoms with E-state index in [-0.39, 0.29) is 40.3 Å². The van der Waals surface area contributed by atoms with E-state index in [2.05, 4.69) is 0 Å². The number of phenolic OH excluding ortho intramolecular Hbond substituents is 1. The molecule has 1 atom stereocenters. The maximum atomic E-state index is 14.0. The molecule has 1 N–H and O–H groups in total. The molecule has 1 aromatic heterocycles. The van der Waals surface area contributed by atoms with Crippen molar-refractivity contribution >= 4 is 16.9 Å². The molecule has 0 saturated carbocycles. The number of methoxy groups -OCH3 is 2. The van der Waals surface area contributed by atoms with Crippen molar-refractivity contribution in [3.8, 4) is 23.0 Å². The van der Waals surface area contributed by atoms with Crippen molar-refractivity contribution < 1.29 is 32.9 Å². The van der Waals surface area contributed by atoms with Crippen LogP contribution in [0.15, 0.2) is 63.8 Å². The molecule has 0 radical (unpaired) electrons. The molecule has 8 nitrogen and oxygen atoms in total. The van der Waals surface area contributed by atoms with Crippen LogP contribution < -0.4 is 19.6 Å². The van der Waals surface area contributed by atoms with Crippen molar-refractivity contribution in [3.63, 3.8) is 0 Å². The highest BCUT2D eigenvalue weighted by Gasteiger charge is 2.42. The van der Waals surface area contributed by atoms with Crippen LogP contribution in [0.25, 0.3) is 11.0 Å². The van der Waals surface area contributed by atoms with Crippen LogP contribution in [0.3, 0.4) is 0 Å². The predicted molar refractivity (Wildman–Crippen MR) is 138 cm³/mol. The molecule has 0 saturated heterocycles. The topological polar surface area (TPSA) is 98.4 Å². The van der Waals surface area contributed by atoms with Crippen molar-refractivity contribution in [1.82, 2.24) is 4.90 Å². The van der Waals surface area contributed by atoms with Crippen LogP contribution in [0.1, 0.15) is 40.2 Å². The molecular weight excluding hydrogens is 493 g/mol. The van der Waals surface area contributed by atoms with Crippen molar-refractivity contribution in [2.24, 2.45) is 0 Å². The van der Waals surface area contributed by atoms with Crippen molar-refractivity contribution in [2.75, 3.05) is 27.4 Å². The molecule has 38 heavy (non-hydrogen) atoms. The van der Waals surface area contributed by atoms with Crippen LogP contribution in [0.4, 0.5) is 4.39 Å². The van der Waals surface area contributed by atoms with E-state index in [1.54, 1.807) is 44.2 Å². The Balaban J connectivity index is 1.61. The summed E-state index contributed by atoms with van der Waals surface area (Å²) in [5.41, 5.74) is 1.20. The number of halogens is 1. The Labute approximate surface area is 217 Å². The van der Waals surface area contributed by atoms with Crippen LogP contribution in [0.5, 0.6) is 23.0 Å². The molecule has 0 spiro atoms. The molecule has 1 aliphatic heterocycles. The third-order valence-electron chi connectivity index (χ3n) is 6.62. The highest BCUT2D eigenvalue weighted by Crippen LogP contribution is 2.41. The SMILES string of the molecule is CCOc1cc(C2c3c(oc4ccc(F)cc4c3=O)C(=O)N2CCc2ccc(OC)c(OC)c2)ccc1O. The van der Waals surface area contributed by atoms with Crippen LogP contribution in [0, 0.1) is 5.82 Å². The Hall–Kier alpha value is -4.53. The Morgan fingerprint density at radius 3 is 2.50 bits per heavy atom. The lowest BCUT2D eigenvalue weighted by Crippen LogP contribution is -2.31. The number of nitrogens with zero attached hydrogens (tertiary/aromatic N) is 1. The van der Waals surface area contributed by atoms with Gasteiger partial charge in [0.25, 0.3) is 5.91 Å². The molecule has 1 aliphatic rings. The van der Waals surface area contributed by atoms with E-state index in [0.717, 1.165) is 11.6 Å². The van der Waals surface area contributed by atoms with Gasteiger partial charge in [0.1, 0.15) is 11.4 Å². The van der Waals surface area contributed by atoms with Crippen molar-refractivity contribution in [3.05, 3.63) is 93.1 Å². The largest absolute Gasteiger partial charge is 0.504 e. The van der Waals surface area contributed by atoms with Gasteiger partial charge in [0.05, 0.1) is 37.8 Å². The van der Waals surface area contributed by atoms with Crippen LogP contribution in [-0.2, 0) is 6.42 Å².